The quantitative estimate of drug-likeness (QED) is 0.632. The van der Waals surface area contributed by atoms with Gasteiger partial charge in [-0.25, -0.2) is 4.79 Å². The number of carbonyl (C=O) groups is 1. The summed E-state index contributed by atoms with van der Waals surface area (Å²) < 4.78 is 0. The molecule has 0 unspecified atom stereocenters. The summed E-state index contributed by atoms with van der Waals surface area (Å²) in [5, 5.41) is 12.6. The van der Waals surface area contributed by atoms with Crippen LogP contribution in [0.5, 0.6) is 0 Å². The van der Waals surface area contributed by atoms with Crippen molar-refractivity contribution < 1.29 is 9.90 Å². The molecule has 1 aromatic rings. The number of hydrogen-bond acceptors (Lipinski definition) is 2. The Labute approximate surface area is 104 Å². The van der Waals surface area contributed by atoms with Gasteiger partial charge in [0.25, 0.3) is 0 Å². The second-order valence-corrected chi connectivity index (χ2v) is 3.95. The third-order valence-corrected chi connectivity index (χ3v) is 2.44. The zero-order valence-electron chi connectivity index (χ0n) is 8.41. The molecule has 0 saturated heterocycles. The van der Waals surface area contributed by atoms with Crippen molar-refractivity contribution in [1.29, 1.82) is 0 Å². The van der Waals surface area contributed by atoms with Gasteiger partial charge in [-0.1, -0.05) is 35.3 Å². The standard InChI is InChI=1S/C11H11Cl2NO2/c12-9-4-3-8(10(13)6-9)7-14-5-1-2-11(15)16/h1-4,6,14H,5,7H2,(H,15,16)/b2-1+. The van der Waals surface area contributed by atoms with Crippen LogP contribution in [0.1, 0.15) is 5.56 Å². The lowest BCUT2D eigenvalue weighted by atomic mass is 10.2. The molecule has 0 aliphatic rings. The van der Waals surface area contributed by atoms with E-state index in [0.717, 1.165) is 11.6 Å². The molecule has 16 heavy (non-hydrogen) atoms. The van der Waals surface area contributed by atoms with Crippen molar-refractivity contribution in [3.63, 3.8) is 0 Å². The minimum atomic E-state index is -0.952. The lowest BCUT2D eigenvalue weighted by Gasteiger charge is -2.04. The van der Waals surface area contributed by atoms with Gasteiger partial charge >= 0.3 is 5.97 Å². The van der Waals surface area contributed by atoms with Crippen LogP contribution in [0.15, 0.2) is 30.4 Å². The summed E-state index contributed by atoms with van der Waals surface area (Å²) >= 11 is 11.7. The van der Waals surface area contributed by atoms with E-state index in [9.17, 15) is 4.79 Å². The van der Waals surface area contributed by atoms with Crippen molar-refractivity contribution in [3.8, 4) is 0 Å². The molecule has 0 radical (unpaired) electrons. The molecular formula is C11H11Cl2NO2. The van der Waals surface area contributed by atoms with Crippen molar-refractivity contribution >= 4 is 29.2 Å². The number of carboxylic acids is 1. The van der Waals surface area contributed by atoms with E-state index in [4.69, 9.17) is 28.3 Å². The fourth-order valence-electron chi connectivity index (χ4n) is 1.11. The SMILES string of the molecule is O=C(O)/C=C/CNCc1ccc(Cl)cc1Cl. The number of benzene rings is 1. The normalized spacial score (nSPS) is 10.9. The van der Waals surface area contributed by atoms with Crippen molar-refractivity contribution in [2.24, 2.45) is 0 Å². The van der Waals surface area contributed by atoms with Crippen LogP contribution in [-0.4, -0.2) is 17.6 Å². The Balaban J connectivity index is 2.40. The molecule has 0 aliphatic heterocycles. The van der Waals surface area contributed by atoms with Gasteiger partial charge < -0.3 is 10.4 Å². The Morgan fingerprint density at radius 1 is 1.44 bits per heavy atom. The molecule has 5 heteroatoms. The minimum Gasteiger partial charge on any atom is -0.478 e. The van der Waals surface area contributed by atoms with Crippen LogP contribution in [0.2, 0.25) is 10.0 Å². The van der Waals surface area contributed by atoms with Crippen LogP contribution in [0, 0.1) is 0 Å². The Morgan fingerprint density at radius 2 is 2.19 bits per heavy atom. The highest BCUT2D eigenvalue weighted by Crippen LogP contribution is 2.20. The third kappa shape index (κ3) is 4.66. The van der Waals surface area contributed by atoms with Gasteiger partial charge in [0.05, 0.1) is 0 Å². The number of hydrogen-bond donors (Lipinski definition) is 2. The van der Waals surface area contributed by atoms with E-state index in [1.165, 1.54) is 6.08 Å². The Morgan fingerprint density at radius 3 is 2.81 bits per heavy atom. The van der Waals surface area contributed by atoms with Gasteiger partial charge in [0.1, 0.15) is 0 Å². The van der Waals surface area contributed by atoms with Crippen molar-refractivity contribution in [3.05, 3.63) is 46.0 Å². The largest absolute Gasteiger partial charge is 0.478 e. The first-order valence-corrected chi connectivity index (χ1v) is 5.39. The fraction of sp³-hybridized carbons (Fsp3) is 0.182. The molecular weight excluding hydrogens is 249 g/mol. The van der Waals surface area contributed by atoms with Gasteiger partial charge in [-0.2, -0.15) is 0 Å². The Bertz CT molecular complexity index is 405. The second kappa shape index (κ2) is 6.53. The monoisotopic (exact) mass is 259 g/mol. The lowest BCUT2D eigenvalue weighted by Crippen LogP contribution is -2.13. The maximum atomic E-state index is 10.2. The van der Waals surface area contributed by atoms with Gasteiger partial charge in [-0.3, -0.25) is 0 Å². The smallest absolute Gasteiger partial charge is 0.328 e. The van der Waals surface area contributed by atoms with Gasteiger partial charge in [0, 0.05) is 29.2 Å². The average molecular weight is 260 g/mol. The van der Waals surface area contributed by atoms with E-state index in [1.807, 2.05) is 6.07 Å². The van der Waals surface area contributed by atoms with Gasteiger partial charge in [-0.05, 0) is 17.7 Å². The summed E-state index contributed by atoms with van der Waals surface area (Å²) in [6.07, 6.45) is 2.63. The molecule has 0 aliphatic carbocycles. The Kier molecular flexibility index (Phi) is 5.32. The first-order chi connectivity index (χ1) is 7.59. The van der Waals surface area contributed by atoms with Crippen LogP contribution >= 0.6 is 23.2 Å². The summed E-state index contributed by atoms with van der Waals surface area (Å²) in [6.45, 7) is 1.05. The molecule has 0 aromatic heterocycles. The van der Waals surface area contributed by atoms with E-state index >= 15 is 0 Å². The summed E-state index contributed by atoms with van der Waals surface area (Å²) in [6, 6.07) is 5.27. The molecule has 0 amide bonds. The van der Waals surface area contributed by atoms with E-state index < -0.39 is 5.97 Å². The zero-order chi connectivity index (χ0) is 12.0. The molecule has 3 nitrogen and oxygen atoms in total. The maximum absolute atomic E-state index is 10.2. The predicted molar refractivity (Wildman–Crippen MR) is 64.9 cm³/mol. The molecule has 1 rings (SSSR count). The highest BCUT2D eigenvalue weighted by atomic mass is 35.5. The number of rotatable bonds is 5. The second-order valence-electron chi connectivity index (χ2n) is 3.11. The zero-order valence-corrected chi connectivity index (χ0v) is 9.92. The number of halogens is 2. The minimum absolute atomic E-state index is 0.477. The fourth-order valence-corrected chi connectivity index (χ4v) is 1.59. The third-order valence-electron chi connectivity index (χ3n) is 1.85. The van der Waals surface area contributed by atoms with Crippen LogP contribution in [0.3, 0.4) is 0 Å². The van der Waals surface area contributed by atoms with Crippen LogP contribution < -0.4 is 5.32 Å². The number of carboxylic acid groups (broad SMARTS) is 1. The highest BCUT2D eigenvalue weighted by Gasteiger charge is 1.99. The summed E-state index contributed by atoms with van der Waals surface area (Å²) in [5.74, 6) is -0.952. The van der Waals surface area contributed by atoms with Crippen LogP contribution in [0.25, 0.3) is 0 Å². The Hall–Kier alpha value is -1.03. The van der Waals surface area contributed by atoms with E-state index in [2.05, 4.69) is 5.32 Å². The molecule has 0 saturated carbocycles. The van der Waals surface area contributed by atoms with E-state index in [-0.39, 0.29) is 0 Å². The van der Waals surface area contributed by atoms with Gasteiger partial charge in [-0.15, -0.1) is 0 Å². The summed E-state index contributed by atoms with van der Waals surface area (Å²) in [7, 11) is 0. The molecule has 0 atom stereocenters. The van der Waals surface area contributed by atoms with E-state index in [1.54, 1.807) is 12.1 Å². The lowest BCUT2D eigenvalue weighted by molar-refractivity contribution is -0.131. The van der Waals surface area contributed by atoms with E-state index in [0.29, 0.717) is 23.1 Å². The molecule has 0 fully saturated rings. The average Bonchev–Trinajstić information content (AvgIpc) is 2.20. The van der Waals surface area contributed by atoms with Gasteiger partial charge in [0.15, 0.2) is 0 Å². The van der Waals surface area contributed by atoms with Gasteiger partial charge in [0.2, 0.25) is 0 Å². The molecule has 1 aromatic carbocycles. The molecule has 0 spiro atoms. The van der Waals surface area contributed by atoms with Crippen LogP contribution in [0.4, 0.5) is 0 Å². The highest BCUT2D eigenvalue weighted by molar-refractivity contribution is 6.35. The molecule has 86 valence electrons. The number of aliphatic carboxylic acids is 1. The predicted octanol–water partition coefficient (Wildman–Crippen LogP) is 2.72. The summed E-state index contributed by atoms with van der Waals surface area (Å²) in [5.41, 5.74) is 0.926. The van der Waals surface area contributed by atoms with Crippen molar-refractivity contribution in [1.82, 2.24) is 5.32 Å². The summed E-state index contributed by atoms with van der Waals surface area (Å²) in [4.78, 5) is 10.2. The van der Waals surface area contributed by atoms with Crippen molar-refractivity contribution in [2.45, 2.75) is 6.54 Å². The first kappa shape index (κ1) is 13.0. The molecule has 0 heterocycles. The van der Waals surface area contributed by atoms with Crippen molar-refractivity contribution in [2.75, 3.05) is 6.54 Å². The number of nitrogens with one attached hydrogen (secondary N) is 1. The maximum Gasteiger partial charge on any atom is 0.328 e. The molecule has 2 N–H and O–H groups in total. The topological polar surface area (TPSA) is 49.3 Å². The van der Waals surface area contributed by atoms with Crippen LogP contribution in [-0.2, 0) is 11.3 Å². The first-order valence-electron chi connectivity index (χ1n) is 4.63. The molecule has 0 bridgehead atoms.